The maximum absolute atomic E-state index is 10.6. The molecule has 0 amide bonds. The molecule has 0 radical (unpaired) electrons. The second-order valence-corrected chi connectivity index (χ2v) is 8.99. The van der Waals surface area contributed by atoms with Crippen LogP contribution < -0.4 is 4.74 Å². The highest BCUT2D eigenvalue weighted by molar-refractivity contribution is 5.65. The molecule has 0 bridgehead atoms. The number of hydrogen-bond donors (Lipinski definition) is 1. The van der Waals surface area contributed by atoms with Gasteiger partial charge in [-0.25, -0.2) is 4.68 Å². The standard InChI is InChI=1S/C27H35N3O3/c1-4-32-19-23(31)17-30(16-21-12-13-21)18-25-26(22-8-6-5-7-9-22)28-29(3)27(25)33-24-14-10-20(2)11-15-24/h5-11,14-15,21,23,31H,4,12-13,16-19H2,1-3H3/t23-/m1/s1. The van der Waals surface area contributed by atoms with Crippen molar-refractivity contribution >= 4 is 0 Å². The number of nitrogens with zero attached hydrogens (tertiary/aromatic N) is 3. The first-order chi connectivity index (χ1) is 16.0. The maximum atomic E-state index is 10.6. The Morgan fingerprint density at radius 3 is 2.52 bits per heavy atom. The molecular formula is C27H35N3O3. The summed E-state index contributed by atoms with van der Waals surface area (Å²) in [4.78, 5) is 2.33. The Balaban J connectivity index is 1.65. The van der Waals surface area contributed by atoms with E-state index < -0.39 is 6.10 Å². The molecule has 0 spiro atoms. The molecule has 1 heterocycles. The molecule has 2 aromatic carbocycles. The van der Waals surface area contributed by atoms with Crippen molar-refractivity contribution in [2.75, 3.05) is 26.3 Å². The van der Waals surface area contributed by atoms with Gasteiger partial charge in [0.05, 0.1) is 18.3 Å². The van der Waals surface area contributed by atoms with E-state index in [1.165, 1.54) is 18.4 Å². The molecule has 6 nitrogen and oxygen atoms in total. The predicted octanol–water partition coefficient (Wildman–Crippen LogP) is 4.80. The van der Waals surface area contributed by atoms with Gasteiger partial charge in [0.2, 0.25) is 5.88 Å². The van der Waals surface area contributed by atoms with Gasteiger partial charge >= 0.3 is 0 Å². The van der Waals surface area contributed by atoms with Gasteiger partial charge in [-0.05, 0) is 44.7 Å². The quantitative estimate of drug-likeness (QED) is 0.431. The van der Waals surface area contributed by atoms with Gasteiger partial charge in [-0.3, -0.25) is 4.90 Å². The summed E-state index contributed by atoms with van der Waals surface area (Å²) in [5.74, 6) is 2.22. The zero-order valence-electron chi connectivity index (χ0n) is 19.9. The fourth-order valence-corrected chi connectivity index (χ4v) is 4.07. The van der Waals surface area contributed by atoms with E-state index in [-0.39, 0.29) is 0 Å². The lowest BCUT2D eigenvalue weighted by molar-refractivity contribution is 0.0186. The molecule has 1 aliphatic carbocycles. The Kier molecular flexibility index (Phi) is 7.81. The second-order valence-electron chi connectivity index (χ2n) is 8.99. The Bertz CT molecular complexity index is 1010. The Morgan fingerprint density at radius 1 is 1.12 bits per heavy atom. The minimum atomic E-state index is -0.526. The summed E-state index contributed by atoms with van der Waals surface area (Å²) in [7, 11) is 1.93. The highest BCUT2D eigenvalue weighted by atomic mass is 16.5. The van der Waals surface area contributed by atoms with Gasteiger partial charge in [0.25, 0.3) is 0 Å². The van der Waals surface area contributed by atoms with Gasteiger partial charge in [0.15, 0.2) is 0 Å². The molecule has 1 aliphatic rings. The molecule has 1 N–H and O–H groups in total. The molecule has 33 heavy (non-hydrogen) atoms. The van der Waals surface area contributed by atoms with Gasteiger partial charge in [-0.15, -0.1) is 0 Å². The maximum Gasteiger partial charge on any atom is 0.222 e. The molecule has 176 valence electrons. The van der Waals surface area contributed by atoms with Crippen LogP contribution in [-0.4, -0.2) is 52.2 Å². The number of aliphatic hydroxyl groups is 1. The SMILES string of the molecule is CCOC[C@H](O)CN(Cc1c(-c2ccccc2)nn(C)c1Oc1ccc(C)cc1)CC1CC1. The van der Waals surface area contributed by atoms with Crippen LogP contribution in [0.4, 0.5) is 0 Å². The average Bonchev–Trinajstić information content (AvgIpc) is 3.58. The Labute approximate surface area is 196 Å². The summed E-state index contributed by atoms with van der Waals surface area (Å²) in [5, 5.41) is 15.4. The monoisotopic (exact) mass is 449 g/mol. The second kappa shape index (κ2) is 11.0. The van der Waals surface area contributed by atoms with Crippen LogP contribution >= 0.6 is 0 Å². The summed E-state index contributed by atoms with van der Waals surface area (Å²) in [6.45, 7) is 7.14. The summed E-state index contributed by atoms with van der Waals surface area (Å²) in [6, 6.07) is 18.3. The molecule has 1 atom stereocenters. The third kappa shape index (κ3) is 6.44. The topological polar surface area (TPSA) is 59.8 Å². The highest BCUT2D eigenvalue weighted by Gasteiger charge is 2.28. The third-order valence-corrected chi connectivity index (χ3v) is 5.95. The van der Waals surface area contributed by atoms with E-state index >= 15 is 0 Å². The van der Waals surface area contributed by atoms with Crippen LogP contribution in [0.15, 0.2) is 54.6 Å². The minimum absolute atomic E-state index is 0.350. The van der Waals surface area contributed by atoms with Gasteiger partial charge in [0.1, 0.15) is 11.4 Å². The first-order valence-corrected chi connectivity index (χ1v) is 11.9. The summed E-state index contributed by atoms with van der Waals surface area (Å²) >= 11 is 0. The zero-order chi connectivity index (χ0) is 23.2. The third-order valence-electron chi connectivity index (χ3n) is 5.95. The van der Waals surface area contributed by atoms with Crippen LogP contribution in [0.1, 0.15) is 30.9 Å². The van der Waals surface area contributed by atoms with Crippen LogP contribution in [0.5, 0.6) is 11.6 Å². The fraction of sp³-hybridized carbons (Fsp3) is 0.444. The van der Waals surface area contributed by atoms with Crippen molar-refractivity contribution in [1.29, 1.82) is 0 Å². The predicted molar refractivity (Wildman–Crippen MR) is 130 cm³/mol. The van der Waals surface area contributed by atoms with Crippen molar-refractivity contribution in [3.63, 3.8) is 0 Å². The van der Waals surface area contributed by atoms with Crippen LogP contribution in [0.2, 0.25) is 0 Å². The van der Waals surface area contributed by atoms with Gasteiger partial charge in [0, 0.05) is 38.9 Å². The lowest BCUT2D eigenvalue weighted by atomic mass is 10.1. The van der Waals surface area contributed by atoms with Gasteiger partial charge < -0.3 is 14.6 Å². The number of aromatic nitrogens is 2. The molecule has 3 aromatic rings. The molecule has 1 saturated carbocycles. The largest absolute Gasteiger partial charge is 0.439 e. The van der Waals surface area contributed by atoms with Crippen molar-refractivity contribution in [3.8, 4) is 22.9 Å². The van der Waals surface area contributed by atoms with E-state index in [0.29, 0.717) is 32.2 Å². The molecule has 6 heteroatoms. The van der Waals surface area contributed by atoms with Crippen molar-refractivity contribution in [2.24, 2.45) is 13.0 Å². The smallest absolute Gasteiger partial charge is 0.222 e. The Morgan fingerprint density at radius 2 is 1.85 bits per heavy atom. The van der Waals surface area contributed by atoms with Crippen LogP contribution in [0, 0.1) is 12.8 Å². The summed E-state index contributed by atoms with van der Waals surface area (Å²) in [6.07, 6.45) is 1.98. The van der Waals surface area contributed by atoms with Crippen molar-refractivity contribution in [1.82, 2.24) is 14.7 Å². The summed E-state index contributed by atoms with van der Waals surface area (Å²) in [5.41, 5.74) is 4.20. The van der Waals surface area contributed by atoms with Gasteiger partial charge in [-0.2, -0.15) is 5.10 Å². The number of ether oxygens (including phenoxy) is 2. The van der Waals surface area contributed by atoms with E-state index in [4.69, 9.17) is 14.6 Å². The van der Waals surface area contributed by atoms with E-state index in [2.05, 4.69) is 24.0 Å². The summed E-state index contributed by atoms with van der Waals surface area (Å²) < 4.78 is 13.7. The highest BCUT2D eigenvalue weighted by Crippen LogP contribution is 2.36. The van der Waals surface area contributed by atoms with E-state index in [1.54, 1.807) is 0 Å². The van der Waals surface area contributed by atoms with Crippen LogP contribution in [-0.2, 0) is 18.3 Å². The van der Waals surface area contributed by atoms with E-state index in [9.17, 15) is 5.11 Å². The molecule has 1 fully saturated rings. The number of hydrogen-bond acceptors (Lipinski definition) is 5. The molecule has 0 saturated heterocycles. The molecular weight excluding hydrogens is 414 g/mol. The van der Waals surface area contributed by atoms with Crippen molar-refractivity contribution in [2.45, 2.75) is 39.3 Å². The van der Waals surface area contributed by atoms with E-state index in [1.807, 2.05) is 61.1 Å². The van der Waals surface area contributed by atoms with Crippen molar-refractivity contribution < 1.29 is 14.6 Å². The normalized spacial score (nSPS) is 14.6. The fourth-order valence-electron chi connectivity index (χ4n) is 4.07. The van der Waals surface area contributed by atoms with Crippen LogP contribution in [0.25, 0.3) is 11.3 Å². The van der Waals surface area contributed by atoms with E-state index in [0.717, 1.165) is 35.0 Å². The number of aryl methyl sites for hydroxylation is 2. The molecule has 0 aliphatic heterocycles. The average molecular weight is 450 g/mol. The number of rotatable bonds is 12. The first-order valence-electron chi connectivity index (χ1n) is 11.9. The molecule has 4 rings (SSSR count). The number of aliphatic hydroxyl groups excluding tert-OH is 1. The lowest BCUT2D eigenvalue weighted by Gasteiger charge is -2.25. The molecule has 0 unspecified atom stereocenters. The Hall–Kier alpha value is -2.67. The van der Waals surface area contributed by atoms with Crippen LogP contribution in [0.3, 0.4) is 0 Å². The first kappa shape index (κ1) is 23.5. The zero-order valence-corrected chi connectivity index (χ0v) is 19.9. The lowest BCUT2D eigenvalue weighted by Crippen LogP contribution is -2.36. The minimum Gasteiger partial charge on any atom is -0.439 e. The molecule has 1 aromatic heterocycles. The number of benzene rings is 2. The van der Waals surface area contributed by atoms with Gasteiger partial charge in [-0.1, -0.05) is 48.0 Å². The van der Waals surface area contributed by atoms with Crippen molar-refractivity contribution in [3.05, 3.63) is 65.7 Å².